The Labute approximate surface area is 115 Å². The fourth-order valence-electron chi connectivity index (χ4n) is 2.53. The van der Waals surface area contributed by atoms with Crippen LogP contribution in [0.1, 0.15) is 34.1 Å². The first kappa shape index (κ1) is 12.6. The normalized spacial score (nSPS) is 16.8. The van der Waals surface area contributed by atoms with Crippen molar-refractivity contribution in [3.63, 3.8) is 0 Å². The van der Waals surface area contributed by atoms with Gasteiger partial charge in [-0.25, -0.2) is 9.37 Å². The molecule has 1 heterocycles. The molecular weight excluding hydrogens is 257 g/mol. The third-order valence-corrected chi connectivity index (χ3v) is 3.51. The number of nitrogen functional groups attached to an aromatic ring is 1. The van der Waals surface area contributed by atoms with E-state index in [2.05, 4.69) is 10.3 Å². The van der Waals surface area contributed by atoms with E-state index in [-0.39, 0.29) is 17.6 Å². The maximum atomic E-state index is 12.8. The summed E-state index contributed by atoms with van der Waals surface area (Å²) in [5.74, 6) is -0.747. The molecular formula is C15H14FN3O. The first-order valence-corrected chi connectivity index (χ1v) is 6.44. The van der Waals surface area contributed by atoms with Crippen molar-refractivity contribution in [1.82, 2.24) is 10.3 Å². The van der Waals surface area contributed by atoms with Crippen LogP contribution in [0.15, 0.2) is 36.5 Å². The summed E-state index contributed by atoms with van der Waals surface area (Å²) in [5.41, 5.74) is 8.96. The van der Waals surface area contributed by atoms with Crippen LogP contribution in [0.5, 0.6) is 0 Å². The number of aryl methyl sites for hydroxylation is 1. The molecule has 0 aliphatic heterocycles. The molecule has 1 aromatic carbocycles. The molecule has 3 rings (SSSR count). The molecule has 102 valence electrons. The van der Waals surface area contributed by atoms with Crippen LogP contribution in [0, 0.1) is 5.82 Å². The highest BCUT2D eigenvalue weighted by atomic mass is 19.1. The van der Waals surface area contributed by atoms with Crippen molar-refractivity contribution in [2.24, 2.45) is 0 Å². The van der Waals surface area contributed by atoms with Crippen LogP contribution in [0.4, 0.5) is 10.1 Å². The van der Waals surface area contributed by atoms with E-state index in [1.807, 2.05) is 18.2 Å². The predicted octanol–water partition coefficient (Wildman–Crippen LogP) is 2.22. The van der Waals surface area contributed by atoms with E-state index >= 15 is 0 Å². The molecule has 0 spiro atoms. The van der Waals surface area contributed by atoms with E-state index in [0.29, 0.717) is 0 Å². The number of hydrogen-bond donors (Lipinski definition) is 2. The number of nitrogens with two attached hydrogens (primary N) is 1. The van der Waals surface area contributed by atoms with Crippen molar-refractivity contribution in [1.29, 1.82) is 0 Å². The summed E-state index contributed by atoms with van der Waals surface area (Å²) in [4.78, 5) is 15.9. The van der Waals surface area contributed by atoms with Gasteiger partial charge in [0.05, 0.1) is 12.2 Å². The Morgan fingerprint density at radius 1 is 1.35 bits per heavy atom. The zero-order chi connectivity index (χ0) is 14.1. The number of aromatic nitrogens is 1. The van der Waals surface area contributed by atoms with Crippen LogP contribution in [0.2, 0.25) is 0 Å². The molecule has 1 unspecified atom stereocenters. The lowest BCUT2D eigenvalue weighted by Crippen LogP contribution is -2.27. The number of anilines is 1. The number of pyridine rings is 1. The monoisotopic (exact) mass is 271 g/mol. The quantitative estimate of drug-likeness (QED) is 0.823. The van der Waals surface area contributed by atoms with Gasteiger partial charge in [-0.1, -0.05) is 6.07 Å². The summed E-state index contributed by atoms with van der Waals surface area (Å²) in [6.45, 7) is 0. The van der Waals surface area contributed by atoms with Crippen LogP contribution in [-0.4, -0.2) is 10.9 Å². The zero-order valence-corrected chi connectivity index (χ0v) is 10.8. The molecule has 0 radical (unpaired) electrons. The highest BCUT2D eigenvalue weighted by Gasteiger charge is 2.24. The van der Waals surface area contributed by atoms with Gasteiger partial charge in [0.1, 0.15) is 11.5 Å². The van der Waals surface area contributed by atoms with Crippen molar-refractivity contribution in [3.8, 4) is 0 Å². The van der Waals surface area contributed by atoms with Gasteiger partial charge in [-0.2, -0.15) is 0 Å². The summed E-state index contributed by atoms with van der Waals surface area (Å²) >= 11 is 0. The number of halogens is 1. The van der Waals surface area contributed by atoms with Gasteiger partial charge in [-0.05, 0) is 48.2 Å². The molecule has 1 aliphatic carbocycles. The van der Waals surface area contributed by atoms with Gasteiger partial charge in [0, 0.05) is 5.69 Å². The second kappa shape index (κ2) is 4.92. The molecule has 4 nitrogen and oxygen atoms in total. The Morgan fingerprint density at radius 2 is 2.20 bits per heavy atom. The van der Waals surface area contributed by atoms with Crippen LogP contribution in [-0.2, 0) is 6.42 Å². The Kier molecular flexibility index (Phi) is 3.10. The number of rotatable bonds is 2. The van der Waals surface area contributed by atoms with E-state index < -0.39 is 5.82 Å². The minimum Gasteiger partial charge on any atom is -0.399 e. The Bertz CT molecular complexity index is 655. The summed E-state index contributed by atoms with van der Waals surface area (Å²) < 4.78 is 12.8. The highest BCUT2D eigenvalue weighted by Crippen LogP contribution is 2.32. The van der Waals surface area contributed by atoms with Crippen molar-refractivity contribution < 1.29 is 9.18 Å². The van der Waals surface area contributed by atoms with Gasteiger partial charge in [-0.15, -0.1) is 0 Å². The number of fused-ring (bicyclic) bond motifs is 1. The lowest BCUT2D eigenvalue weighted by Gasteiger charge is -2.14. The van der Waals surface area contributed by atoms with Gasteiger partial charge < -0.3 is 11.1 Å². The zero-order valence-electron chi connectivity index (χ0n) is 10.8. The number of carbonyl (C=O) groups excluding carboxylic acids is 1. The number of hydrogen-bond acceptors (Lipinski definition) is 3. The van der Waals surface area contributed by atoms with E-state index in [0.717, 1.165) is 30.3 Å². The Balaban J connectivity index is 1.77. The Hall–Kier alpha value is -2.43. The molecule has 2 aromatic rings. The first-order chi connectivity index (χ1) is 9.63. The molecule has 1 atom stereocenters. The molecule has 0 saturated carbocycles. The summed E-state index contributed by atoms with van der Waals surface area (Å²) in [6.07, 6.45) is 2.77. The lowest BCUT2D eigenvalue weighted by atomic mass is 10.1. The maximum absolute atomic E-state index is 12.8. The minimum absolute atomic E-state index is 0.0371. The van der Waals surface area contributed by atoms with Gasteiger partial charge in [0.15, 0.2) is 0 Å². The maximum Gasteiger partial charge on any atom is 0.270 e. The predicted molar refractivity (Wildman–Crippen MR) is 73.6 cm³/mol. The van der Waals surface area contributed by atoms with Crippen molar-refractivity contribution in [2.45, 2.75) is 18.9 Å². The number of benzene rings is 1. The first-order valence-electron chi connectivity index (χ1n) is 6.44. The number of carbonyl (C=O) groups is 1. The summed E-state index contributed by atoms with van der Waals surface area (Å²) in [6, 6.07) is 8.29. The molecule has 3 N–H and O–H groups in total. The third-order valence-electron chi connectivity index (χ3n) is 3.51. The second-order valence-electron chi connectivity index (χ2n) is 4.88. The fourth-order valence-corrected chi connectivity index (χ4v) is 2.53. The Morgan fingerprint density at radius 3 is 2.95 bits per heavy atom. The number of nitrogens with zero attached hydrogens (tertiary/aromatic N) is 1. The van der Waals surface area contributed by atoms with Crippen LogP contribution in [0.3, 0.4) is 0 Å². The van der Waals surface area contributed by atoms with E-state index in [9.17, 15) is 9.18 Å². The summed E-state index contributed by atoms with van der Waals surface area (Å²) in [5, 5.41) is 2.93. The number of nitrogens with one attached hydrogen (secondary N) is 1. The third kappa shape index (κ3) is 2.34. The molecule has 0 fully saturated rings. The highest BCUT2D eigenvalue weighted by molar-refractivity contribution is 5.92. The minimum atomic E-state index is -0.455. The van der Waals surface area contributed by atoms with E-state index in [4.69, 9.17) is 5.73 Å². The average molecular weight is 271 g/mol. The van der Waals surface area contributed by atoms with Crippen molar-refractivity contribution >= 4 is 11.6 Å². The second-order valence-corrected chi connectivity index (χ2v) is 4.88. The van der Waals surface area contributed by atoms with Crippen molar-refractivity contribution in [2.75, 3.05) is 5.73 Å². The average Bonchev–Trinajstić information content (AvgIpc) is 2.81. The molecule has 1 aliphatic rings. The molecule has 0 saturated heterocycles. The van der Waals surface area contributed by atoms with E-state index in [1.165, 1.54) is 17.7 Å². The van der Waals surface area contributed by atoms with Crippen LogP contribution in [0.25, 0.3) is 0 Å². The van der Waals surface area contributed by atoms with E-state index in [1.54, 1.807) is 0 Å². The van der Waals surface area contributed by atoms with Crippen molar-refractivity contribution in [3.05, 3.63) is 59.2 Å². The molecule has 1 amide bonds. The van der Waals surface area contributed by atoms with Crippen LogP contribution < -0.4 is 11.1 Å². The topological polar surface area (TPSA) is 68.0 Å². The lowest BCUT2D eigenvalue weighted by molar-refractivity contribution is 0.0931. The van der Waals surface area contributed by atoms with Gasteiger partial charge in [-0.3, -0.25) is 4.79 Å². The molecule has 0 bridgehead atoms. The van der Waals surface area contributed by atoms with Crippen LogP contribution >= 0.6 is 0 Å². The molecule has 5 heteroatoms. The molecule has 1 aromatic heterocycles. The van der Waals surface area contributed by atoms with Gasteiger partial charge in [0.25, 0.3) is 5.91 Å². The van der Waals surface area contributed by atoms with Gasteiger partial charge in [0.2, 0.25) is 0 Å². The smallest absolute Gasteiger partial charge is 0.270 e. The standard InChI is InChI=1S/C15H14FN3O/c16-10-2-6-14(18-8-10)15(20)19-13-5-1-9-7-11(17)3-4-12(9)13/h2-4,6-8,13H,1,5,17H2,(H,19,20). The number of amides is 1. The largest absolute Gasteiger partial charge is 0.399 e. The fraction of sp³-hybridized carbons (Fsp3) is 0.200. The summed E-state index contributed by atoms with van der Waals surface area (Å²) in [7, 11) is 0. The SMILES string of the molecule is Nc1ccc2c(c1)CCC2NC(=O)c1ccc(F)cn1. The van der Waals surface area contributed by atoms with Gasteiger partial charge >= 0.3 is 0 Å². The molecule has 20 heavy (non-hydrogen) atoms.